The second-order valence-corrected chi connectivity index (χ2v) is 5.99. The molecule has 1 fully saturated rings. The zero-order valence-electron chi connectivity index (χ0n) is 11.1. The fraction of sp³-hybridized carbons (Fsp3) is 0.600. The van der Waals surface area contributed by atoms with Crippen LogP contribution >= 0.6 is 0 Å². The molecule has 86 valence electrons. The molecular weight excluding hydrogens is 196 g/mol. The van der Waals surface area contributed by atoms with E-state index in [2.05, 4.69) is 41.5 Å². The minimum absolute atomic E-state index is 0.202. The highest BCUT2D eigenvalue weighted by molar-refractivity contribution is 5.59. The molecule has 0 saturated carbocycles. The van der Waals surface area contributed by atoms with Gasteiger partial charge in [0.2, 0.25) is 0 Å². The Hall–Kier alpha value is -0.820. The third-order valence-corrected chi connectivity index (χ3v) is 4.87. The van der Waals surface area contributed by atoms with Gasteiger partial charge in [-0.2, -0.15) is 0 Å². The summed E-state index contributed by atoms with van der Waals surface area (Å²) in [6.07, 6.45) is 0.823. The maximum atomic E-state index is 5.83. The van der Waals surface area contributed by atoms with Crippen molar-refractivity contribution in [2.75, 3.05) is 0 Å². The van der Waals surface area contributed by atoms with Gasteiger partial charge in [0.25, 0.3) is 0 Å². The number of hydrogen-bond donors (Lipinski definition) is 0. The van der Waals surface area contributed by atoms with Crippen LogP contribution in [0.4, 0.5) is 0 Å². The lowest BCUT2D eigenvalue weighted by atomic mass is 9.79. The number of epoxide rings is 1. The number of hydrogen-bond acceptors (Lipinski definition) is 1. The number of rotatable bonds is 0. The highest BCUT2D eigenvalue weighted by atomic mass is 16.6. The lowest BCUT2D eigenvalue weighted by molar-refractivity contribution is 0.291. The first-order valence-corrected chi connectivity index (χ1v) is 6.13. The molecule has 0 amide bonds. The van der Waals surface area contributed by atoms with Crippen LogP contribution < -0.4 is 0 Å². The molecule has 1 heteroatoms. The smallest absolute Gasteiger partial charge is 0.111 e. The first-order chi connectivity index (χ1) is 7.37. The van der Waals surface area contributed by atoms with E-state index in [0.29, 0.717) is 12.2 Å². The van der Waals surface area contributed by atoms with E-state index >= 15 is 0 Å². The van der Waals surface area contributed by atoms with Gasteiger partial charge in [-0.15, -0.1) is 0 Å². The van der Waals surface area contributed by atoms with Crippen LogP contribution in [-0.2, 0) is 10.2 Å². The highest BCUT2D eigenvalue weighted by Gasteiger charge is 2.60. The van der Waals surface area contributed by atoms with Crippen LogP contribution in [0.15, 0.2) is 0 Å². The molecule has 16 heavy (non-hydrogen) atoms. The van der Waals surface area contributed by atoms with Crippen molar-refractivity contribution < 1.29 is 4.74 Å². The van der Waals surface area contributed by atoms with Crippen molar-refractivity contribution in [3.05, 3.63) is 33.4 Å². The first-order valence-electron chi connectivity index (χ1n) is 6.13. The second-order valence-electron chi connectivity index (χ2n) is 5.99. The molecule has 1 nitrogen and oxygen atoms in total. The Morgan fingerprint density at radius 2 is 1.44 bits per heavy atom. The first kappa shape index (κ1) is 10.3. The molecule has 0 N–H and O–H groups in total. The summed E-state index contributed by atoms with van der Waals surface area (Å²) in [6, 6.07) is 0. The Labute approximate surface area is 97.8 Å². The third-order valence-electron chi connectivity index (χ3n) is 4.87. The van der Waals surface area contributed by atoms with Crippen LogP contribution in [0.2, 0.25) is 0 Å². The molecule has 1 heterocycles. The van der Waals surface area contributed by atoms with E-state index < -0.39 is 0 Å². The zero-order valence-corrected chi connectivity index (χ0v) is 11.1. The fourth-order valence-electron chi connectivity index (χ4n) is 3.55. The summed E-state index contributed by atoms with van der Waals surface area (Å²) in [4.78, 5) is 0. The predicted molar refractivity (Wildman–Crippen MR) is 66.0 cm³/mol. The van der Waals surface area contributed by atoms with Crippen molar-refractivity contribution in [2.45, 2.75) is 59.2 Å². The standard InChI is InChI=1S/C15H20O/c1-7-8(2)10(4)12-11(9(7)3)13-14(16-13)15(12,5)6/h13-14H,1-6H3. The lowest BCUT2D eigenvalue weighted by Gasteiger charge is -2.27. The van der Waals surface area contributed by atoms with E-state index in [0.717, 1.165) is 0 Å². The molecule has 1 aliphatic heterocycles. The van der Waals surface area contributed by atoms with Gasteiger partial charge in [0.15, 0.2) is 0 Å². The highest BCUT2D eigenvalue weighted by Crippen LogP contribution is 2.61. The van der Waals surface area contributed by atoms with Gasteiger partial charge in [0.05, 0.1) is 6.10 Å². The minimum Gasteiger partial charge on any atom is -0.364 e. The topological polar surface area (TPSA) is 12.5 Å². The lowest BCUT2D eigenvalue weighted by Crippen LogP contribution is -2.23. The summed E-state index contributed by atoms with van der Waals surface area (Å²) >= 11 is 0. The van der Waals surface area contributed by atoms with Gasteiger partial charge in [0, 0.05) is 5.41 Å². The maximum absolute atomic E-state index is 5.83. The summed E-state index contributed by atoms with van der Waals surface area (Å²) in [5.74, 6) is 0. The average Bonchev–Trinajstić information content (AvgIpc) is 2.96. The van der Waals surface area contributed by atoms with Gasteiger partial charge >= 0.3 is 0 Å². The van der Waals surface area contributed by atoms with Crippen molar-refractivity contribution in [3.63, 3.8) is 0 Å². The van der Waals surface area contributed by atoms with E-state index in [1.165, 1.54) is 27.8 Å². The quantitative estimate of drug-likeness (QED) is 0.603. The van der Waals surface area contributed by atoms with Gasteiger partial charge in [-0.05, 0) is 61.1 Å². The molecule has 2 aliphatic rings. The molecule has 0 aromatic heterocycles. The summed E-state index contributed by atoms with van der Waals surface area (Å²) in [6.45, 7) is 13.7. The van der Waals surface area contributed by atoms with Crippen molar-refractivity contribution >= 4 is 0 Å². The minimum atomic E-state index is 0.202. The van der Waals surface area contributed by atoms with Crippen LogP contribution in [0.3, 0.4) is 0 Å². The Morgan fingerprint density at radius 3 is 2.06 bits per heavy atom. The summed E-state index contributed by atoms with van der Waals surface area (Å²) in [5, 5.41) is 0. The van der Waals surface area contributed by atoms with Crippen molar-refractivity contribution in [2.24, 2.45) is 0 Å². The molecule has 1 aromatic rings. The van der Waals surface area contributed by atoms with E-state index in [-0.39, 0.29) is 5.41 Å². The Bertz CT molecular complexity index is 497. The van der Waals surface area contributed by atoms with Gasteiger partial charge in [-0.3, -0.25) is 0 Å². The molecule has 0 spiro atoms. The monoisotopic (exact) mass is 216 g/mol. The fourth-order valence-corrected chi connectivity index (χ4v) is 3.55. The van der Waals surface area contributed by atoms with Crippen LogP contribution in [0, 0.1) is 27.7 Å². The SMILES string of the molecule is Cc1c(C)c(C)c2c(c1C)C1OC1C2(C)C. The molecule has 1 saturated heterocycles. The Morgan fingerprint density at radius 1 is 0.875 bits per heavy atom. The van der Waals surface area contributed by atoms with E-state index in [1.807, 2.05) is 0 Å². The molecule has 2 atom stereocenters. The average molecular weight is 216 g/mol. The third kappa shape index (κ3) is 0.958. The van der Waals surface area contributed by atoms with Crippen LogP contribution in [-0.4, -0.2) is 6.10 Å². The number of fused-ring (bicyclic) bond motifs is 3. The van der Waals surface area contributed by atoms with Gasteiger partial charge < -0.3 is 4.74 Å². The Balaban J connectivity index is 2.40. The molecule has 2 unspecified atom stereocenters. The summed E-state index contributed by atoms with van der Waals surface area (Å²) < 4.78 is 5.83. The van der Waals surface area contributed by atoms with E-state index in [1.54, 1.807) is 5.56 Å². The van der Waals surface area contributed by atoms with Gasteiger partial charge in [0.1, 0.15) is 6.10 Å². The van der Waals surface area contributed by atoms with Crippen molar-refractivity contribution in [1.29, 1.82) is 0 Å². The van der Waals surface area contributed by atoms with E-state index in [4.69, 9.17) is 4.74 Å². The van der Waals surface area contributed by atoms with Gasteiger partial charge in [-0.25, -0.2) is 0 Å². The van der Waals surface area contributed by atoms with Crippen molar-refractivity contribution in [3.8, 4) is 0 Å². The Kier molecular flexibility index (Phi) is 1.75. The van der Waals surface area contributed by atoms with Crippen LogP contribution in [0.1, 0.15) is 53.3 Å². The molecular formula is C15H20O. The predicted octanol–water partition coefficient (Wildman–Crippen LogP) is 3.65. The number of ether oxygens (including phenoxy) is 1. The van der Waals surface area contributed by atoms with E-state index in [9.17, 15) is 0 Å². The molecule has 0 radical (unpaired) electrons. The molecule has 1 aromatic carbocycles. The summed E-state index contributed by atoms with van der Waals surface area (Å²) in [5.41, 5.74) is 9.11. The molecule has 3 rings (SSSR count). The molecule has 1 aliphatic carbocycles. The molecule has 0 bridgehead atoms. The maximum Gasteiger partial charge on any atom is 0.111 e. The second kappa shape index (κ2) is 2.70. The van der Waals surface area contributed by atoms with Crippen LogP contribution in [0.25, 0.3) is 0 Å². The van der Waals surface area contributed by atoms with Crippen molar-refractivity contribution in [1.82, 2.24) is 0 Å². The largest absolute Gasteiger partial charge is 0.364 e. The summed E-state index contributed by atoms with van der Waals surface area (Å²) in [7, 11) is 0. The van der Waals surface area contributed by atoms with Crippen LogP contribution in [0.5, 0.6) is 0 Å². The normalized spacial score (nSPS) is 28.9. The van der Waals surface area contributed by atoms with Gasteiger partial charge in [-0.1, -0.05) is 13.8 Å². The number of benzene rings is 1. The zero-order chi connectivity index (χ0) is 11.8.